The van der Waals surface area contributed by atoms with E-state index < -0.39 is 23.7 Å². The number of aliphatic carboxylic acids is 1. The fourth-order valence-electron chi connectivity index (χ4n) is 2.88. The van der Waals surface area contributed by atoms with Crippen molar-refractivity contribution in [2.75, 3.05) is 6.54 Å². The van der Waals surface area contributed by atoms with Crippen LogP contribution in [0, 0.1) is 13.8 Å². The second-order valence-corrected chi connectivity index (χ2v) is 7.67. The maximum atomic E-state index is 12.3. The topological polar surface area (TPSA) is 79.6 Å². The van der Waals surface area contributed by atoms with Crippen LogP contribution < -0.4 is 0 Å². The number of rotatable bonds is 4. The average molecular weight is 425 g/mol. The van der Waals surface area contributed by atoms with Crippen LogP contribution in [0.1, 0.15) is 17.0 Å². The lowest BCUT2D eigenvalue weighted by Gasteiger charge is -2.12. The second-order valence-electron chi connectivity index (χ2n) is 5.90. The van der Waals surface area contributed by atoms with Crippen LogP contribution in [0.25, 0.3) is 11.8 Å². The number of nitrogens with zero attached hydrogens (tertiary/aromatic N) is 2. The van der Waals surface area contributed by atoms with E-state index in [9.17, 15) is 14.4 Å². The summed E-state index contributed by atoms with van der Waals surface area (Å²) in [5.74, 6) is -1.86. The molecule has 1 saturated heterocycles. The molecular weight excluding hydrogens is 411 g/mol. The Labute approximate surface area is 169 Å². The molecule has 1 aromatic carbocycles. The number of halogens is 2. The van der Waals surface area contributed by atoms with Gasteiger partial charge in [0.2, 0.25) is 0 Å². The zero-order valence-corrected chi connectivity index (χ0v) is 16.7. The van der Waals surface area contributed by atoms with Crippen LogP contribution in [-0.4, -0.2) is 38.2 Å². The van der Waals surface area contributed by atoms with Crippen molar-refractivity contribution in [2.24, 2.45) is 0 Å². The summed E-state index contributed by atoms with van der Waals surface area (Å²) in [4.78, 5) is 36.0. The number of thioether (sulfide) groups is 1. The molecule has 2 amide bonds. The van der Waals surface area contributed by atoms with E-state index in [-0.39, 0.29) is 4.91 Å². The van der Waals surface area contributed by atoms with Crippen LogP contribution in [0.5, 0.6) is 0 Å². The summed E-state index contributed by atoms with van der Waals surface area (Å²) in [5, 5.41) is 9.09. The standard InChI is InChI=1S/C18H14Cl2N2O4S/c1-9-6-11(7-14-17(25)21(8-15(23)24)18(26)27-14)10(2)22(9)13-5-3-4-12(19)16(13)20/h3-7H,8H2,1-2H3,(H,23,24)/b14-7+. The lowest BCUT2D eigenvalue weighted by atomic mass is 10.2. The highest BCUT2D eigenvalue weighted by Gasteiger charge is 2.36. The van der Waals surface area contributed by atoms with E-state index in [0.29, 0.717) is 20.6 Å². The number of benzene rings is 1. The van der Waals surface area contributed by atoms with Crippen molar-refractivity contribution < 1.29 is 19.5 Å². The first-order chi connectivity index (χ1) is 12.7. The van der Waals surface area contributed by atoms with E-state index in [2.05, 4.69) is 0 Å². The van der Waals surface area contributed by atoms with Crippen LogP contribution in [0.3, 0.4) is 0 Å². The maximum Gasteiger partial charge on any atom is 0.323 e. The first-order valence-corrected chi connectivity index (χ1v) is 9.38. The molecule has 3 rings (SSSR count). The van der Waals surface area contributed by atoms with Gasteiger partial charge >= 0.3 is 5.97 Å². The summed E-state index contributed by atoms with van der Waals surface area (Å²) in [5.41, 5.74) is 3.11. The number of aryl methyl sites for hydroxylation is 1. The van der Waals surface area contributed by atoms with Crippen LogP contribution in [0.4, 0.5) is 4.79 Å². The maximum absolute atomic E-state index is 12.3. The number of hydrogen-bond acceptors (Lipinski definition) is 4. The quantitative estimate of drug-likeness (QED) is 0.729. The number of carboxylic acid groups (broad SMARTS) is 1. The molecule has 27 heavy (non-hydrogen) atoms. The molecule has 0 unspecified atom stereocenters. The summed E-state index contributed by atoms with van der Waals surface area (Å²) >= 11 is 13.2. The SMILES string of the molecule is Cc1cc(/C=C2/SC(=O)N(CC(=O)O)C2=O)c(C)n1-c1cccc(Cl)c1Cl. The van der Waals surface area contributed by atoms with Crippen molar-refractivity contribution in [3.8, 4) is 5.69 Å². The Bertz CT molecular complexity index is 1010. The van der Waals surface area contributed by atoms with Gasteiger partial charge in [-0.3, -0.25) is 19.3 Å². The Morgan fingerprint density at radius 1 is 1.26 bits per heavy atom. The second kappa shape index (κ2) is 7.42. The summed E-state index contributed by atoms with van der Waals surface area (Å²) in [7, 11) is 0. The fourth-order valence-corrected chi connectivity index (χ4v) is 4.09. The molecule has 0 bridgehead atoms. The van der Waals surface area contributed by atoms with Gasteiger partial charge in [-0.05, 0) is 55.4 Å². The van der Waals surface area contributed by atoms with E-state index in [1.54, 1.807) is 18.2 Å². The Morgan fingerprint density at radius 2 is 1.96 bits per heavy atom. The lowest BCUT2D eigenvalue weighted by molar-refractivity contribution is -0.140. The predicted octanol–water partition coefficient (Wildman–Crippen LogP) is 4.52. The van der Waals surface area contributed by atoms with Gasteiger partial charge in [-0.15, -0.1) is 0 Å². The zero-order chi connectivity index (χ0) is 19.9. The van der Waals surface area contributed by atoms with Gasteiger partial charge in [0.05, 0.1) is 20.6 Å². The van der Waals surface area contributed by atoms with Crippen LogP contribution in [0.15, 0.2) is 29.2 Å². The minimum Gasteiger partial charge on any atom is -0.480 e. The zero-order valence-electron chi connectivity index (χ0n) is 14.3. The van der Waals surface area contributed by atoms with Crippen LogP contribution in [-0.2, 0) is 9.59 Å². The number of aromatic nitrogens is 1. The molecule has 0 atom stereocenters. The summed E-state index contributed by atoms with van der Waals surface area (Å²) < 4.78 is 1.90. The summed E-state index contributed by atoms with van der Waals surface area (Å²) in [6.07, 6.45) is 1.59. The fraction of sp³-hybridized carbons (Fsp3) is 0.167. The molecule has 1 N–H and O–H groups in total. The van der Waals surface area contributed by atoms with Crippen molar-refractivity contribution >= 4 is 58.2 Å². The number of carbonyl (C=O) groups is 3. The Hall–Kier alpha value is -2.22. The molecule has 1 fully saturated rings. The lowest BCUT2D eigenvalue weighted by Crippen LogP contribution is -2.33. The number of hydrogen-bond donors (Lipinski definition) is 1. The monoisotopic (exact) mass is 424 g/mol. The highest BCUT2D eigenvalue weighted by Crippen LogP contribution is 2.35. The van der Waals surface area contributed by atoms with Crippen molar-refractivity contribution in [1.29, 1.82) is 0 Å². The largest absolute Gasteiger partial charge is 0.480 e. The van der Waals surface area contributed by atoms with Crippen molar-refractivity contribution in [3.05, 3.63) is 56.2 Å². The number of carbonyl (C=O) groups excluding carboxylic acids is 2. The molecule has 0 aliphatic carbocycles. The minimum atomic E-state index is -1.24. The molecule has 9 heteroatoms. The van der Waals surface area contributed by atoms with E-state index in [1.165, 1.54) is 0 Å². The van der Waals surface area contributed by atoms with Crippen molar-refractivity contribution in [2.45, 2.75) is 13.8 Å². The Kier molecular flexibility index (Phi) is 5.37. The third-order valence-corrected chi connectivity index (χ3v) is 5.81. The molecular formula is C18H14Cl2N2O4S. The molecule has 1 aliphatic heterocycles. The molecule has 6 nitrogen and oxygen atoms in total. The first-order valence-electron chi connectivity index (χ1n) is 7.81. The molecule has 140 valence electrons. The Morgan fingerprint density at radius 3 is 2.63 bits per heavy atom. The molecule has 1 aliphatic rings. The predicted molar refractivity (Wildman–Crippen MR) is 106 cm³/mol. The molecule has 0 radical (unpaired) electrons. The van der Waals surface area contributed by atoms with Gasteiger partial charge in [0, 0.05) is 11.4 Å². The number of amides is 2. The molecule has 2 aromatic rings. The van der Waals surface area contributed by atoms with Gasteiger partial charge < -0.3 is 9.67 Å². The molecule has 0 spiro atoms. The van der Waals surface area contributed by atoms with Gasteiger partial charge in [0.1, 0.15) is 6.54 Å². The highest BCUT2D eigenvalue weighted by atomic mass is 35.5. The minimum absolute atomic E-state index is 0.179. The van der Waals surface area contributed by atoms with E-state index in [0.717, 1.165) is 28.7 Å². The van der Waals surface area contributed by atoms with Gasteiger partial charge in [0.25, 0.3) is 11.1 Å². The smallest absolute Gasteiger partial charge is 0.323 e. The highest BCUT2D eigenvalue weighted by molar-refractivity contribution is 8.18. The number of imide groups is 1. The van der Waals surface area contributed by atoms with Crippen LogP contribution in [0.2, 0.25) is 10.0 Å². The Balaban J connectivity index is 2.02. The van der Waals surface area contributed by atoms with Gasteiger partial charge in [-0.1, -0.05) is 29.3 Å². The normalized spacial score (nSPS) is 15.9. The van der Waals surface area contributed by atoms with Crippen molar-refractivity contribution in [1.82, 2.24) is 9.47 Å². The summed E-state index contributed by atoms with van der Waals surface area (Å²) in [6, 6.07) is 7.18. The van der Waals surface area contributed by atoms with Crippen molar-refractivity contribution in [3.63, 3.8) is 0 Å². The third kappa shape index (κ3) is 3.63. The van der Waals surface area contributed by atoms with Gasteiger partial charge in [0.15, 0.2) is 0 Å². The molecule has 2 heterocycles. The first kappa shape index (κ1) is 19.5. The third-order valence-electron chi connectivity index (χ3n) is 4.10. The van der Waals surface area contributed by atoms with E-state index in [1.807, 2.05) is 30.5 Å². The molecule has 0 saturated carbocycles. The summed E-state index contributed by atoms with van der Waals surface area (Å²) in [6.45, 7) is 3.09. The van der Waals surface area contributed by atoms with E-state index >= 15 is 0 Å². The van der Waals surface area contributed by atoms with Gasteiger partial charge in [-0.2, -0.15) is 0 Å². The number of carboxylic acids is 1. The van der Waals surface area contributed by atoms with Gasteiger partial charge in [-0.25, -0.2) is 0 Å². The average Bonchev–Trinajstić information content (AvgIpc) is 3.01. The molecule has 1 aromatic heterocycles. The van der Waals surface area contributed by atoms with E-state index in [4.69, 9.17) is 28.3 Å². The van der Waals surface area contributed by atoms with Crippen LogP contribution >= 0.6 is 35.0 Å².